The van der Waals surface area contributed by atoms with Crippen molar-refractivity contribution in [1.82, 2.24) is 4.31 Å². The third-order valence-electron chi connectivity index (χ3n) is 2.61. The zero-order valence-electron chi connectivity index (χ0n) is 11.0. The van der Waals surface area contributed by atoms with Crippen LogP contribution in [-0.4, -0.2) is 31.7 Å². The summed E-state index contributed by atoms with van der Waals surface area (Å²) >= 11 is 3.02. The van der Waals surface area contributed by atoms with Gasteiger partial charge < -0.3 is 5.73 Å². The van der Waals surface area contributed by atoms with E-state index in [-0.39, 0.29) is 15.9 Å². The fourth-order valence-electron chi connectivity index (χ4n) is 1.62. The van der Waals surface area contributed by atoms with Crippen LogP contribution in [0.2, 0.25) is 0 Å². The minimum atomic E-state index is -3.90. The van der Waals surface area contributed by atoms with Crippen LogP contribution in [0.5, 0.6) is 0 Å². The van der Waals surface area contributed by atoms with E-state index >= 15 is 0 Å². The number of amides is 1. The van der Waals surface area contributed by atoms with Gasteiger partial charge in [-0.1, -0.05) is 13.3 Å². The van der Waals surface area contributed by atoms with Crippen LogP contribution in [-0.2, 0) is 14.8 Å². The van der Waals surface area contributed by atoms with E-state index in [4.69, 9.17) is 5.73 Å². The van der Waals surface area contributed by atoms with Gasteiger partial charge in [-0.3, -0.25) is 4.79 Å². The Kier molecular flexibility index (Phi) is 6.09. The van der Waals surface area contributed by atoms with E-state index in [9.17, 15) is 17.6 Å². The number of carbonyl (C=O) groups is 1. The van der Waals surface area contributed by atoms with Gasteiger partial charge in [0, 0.05) is 11.0 Å². The smallest absolute Gasteiger partial charge is 0.244 e. The largest absolute Gasteiger partial charge is 0.369 e. The third-order valence-corrected chi connectivity index (χ3v) is 5.43. The number of primary amides is 1. The van der Waals surface area contributed by atoms with Gasteiger partial charge in [0.25, 0.3) is 0 Å². The molecule has 0 radical (unpaired) electrons. The molecule has 0 aliphatic heterocycles. The monoisotopic (exact) mass is 366 g/mol. The summed E-state index contributed by atoms with van der Waals surface area (Å²) in [5, 5.41) is 0. The van der Waals surface area contributed by atoms with Crippen molar-refractivity contribution in [1.29, 1.82) is 0 Å². The number of hydrogen-bond acceptors (Lipinski definition) is 3. The lowest BCUT2D eigenvalue weighted by molar-refractivity contribution is -0.118. The van der Waals surface area contributed by atoms with E-state index in [0.29, 0.717) is 6.42 Å². The van der Waals surface area contributed by atoms with E-state index in [1.165, 1.54) is 0 Å². The van der Waals surface area contributed by atoms with Gasteiger partial charge in [-0.05, 0) is 40.5 Å². The Hall–Kier alpha value is -0.990. The van der Waals surface area contributed by atoms with Gasteiger partial charge in [0.15, 0.2) is 0 Å². The van der Waals surface area contributed by atoms with Gasteiger partial charge in [-0.25, -0.2) is 12.8 Å². The minimum absolute atomic E-state index is 0.0868. The molecule has 0 saturated heterocycles. The van der Waals surface area contributed by atoms with E-state index in [0.717, 1.165) is 28.9 Å². The Morgan fingerprint density at radius 2 is 2.10 bits per heavy atom. The van der Waals surface area contributed by atoms with Gasteiger partial charge in [0.05, 0.1) is 11.4 Å². The lowest BCUT2D eigenvalue weighted by atomic mass is 10.3. The lowest BCUT2D eigenvalue weighted by Gasteiger charge is -2.21. The molecular formula is C12H16BrFN2O3S. The maximum atomic E-state index is 13.0. The topological polar surface area (TPSA) is 80.5 Å². The van der Waals surface area contributed by atoms with Crippen LogP contribution in [0.25, 0.3) is 0 Å². The van der Waals surface area contributed by atoms with Crippen LogP contribution in [0.4, 0.5) is 4.39 Å². The number of benzene rings is 1. The second-order valence-corrected chi connectivity index (χ2v) is 6.99. The molecule has 0 saturated carbocycles. The summed E-state index contributed by atoms with van der Waals surface area (Å²) in [5.41, 5.74) is 5.09. The highest BCUT2D eigenvalue weighted by atomic mass is 79.9. The Morgan fingerprint density at radius 1 is 1.45 bits per heavy atom. The number of carbonyl (C=O) groups excluding carboxylic acids is 1. The van der Waals surface area contributed by atoms with Crippen LogP contribution in [0.1, 0.15) is 19.8 Å². The molecule has 0 aliphatic rings. The van der Waals surface area contributed by atoms with Gasteiger partial charge in [0.1, 0.15) is 5.82 Å². The summed E-state index contributed by atoms with van der Waals surface area (Å²) < 4.78 is 39.1. The van der Waals surface area contributed by atoms with Crippen LogP contribution in [0, 0.1) is 5.82 Å². The predicted octanol–water partition coefficient (Wildman–Crippen LogP) is 1.86. The van der Waals surface area contributed by atoms with Crippen LogP contribution in [0.3, 0.4) is 0 Å². The van der Waals surface area contributed by atoms with Gasteiger partial charge in [0.2, 0.25) is 15.9 Å². The van der Waals surface area contributed by atoms with Crippen molar-refractivity contribution in [3.8, 4) is 0 Å². The number of nitrogens with two attached hydrogens (primary N) is 1. The third kappa shape index (κ3) is 4.26. The molecule has 20 heavy (non-hydrogen) atoms. The summed E-state index contributed by atoms with van der Waals surface area (Å²) in [6.45, 7) is 1.70. The summed E-state index contributed by atoms with van der Waals surface area (Å²) in [6, 6.07) is 3.28. The molecule has 1 amide bonds. The molecule has 0 bridgehead atoms. The van der Waals surface area contributed by atoms with E-state index in [1.807, 2.05) is 6.92 Å². The minimum Gasteiger partial charge on any atom is -0.369 e. The quantitative estimate of drug-likeness (QED) is 0.799. The molecule has 2 N–H and O–H groups in total. The van der Waals surface area contributed by atoms with Crippen LogP contribution >= 0.6 is 15.9 Å². The highest BCUT2D eigenvalue weighted by molar-refractivity contribution is 9.10. The second kappa shape index (κ2) is 7.14. The number of nitrogens with zero attached hydrogens (tertiary/aromatic N) is 1. The molecule has 0 heterocycles. The molecule has 1 aromatic rings. The molecule has 8 heteroatoms. The van der Waals surface area contributed by atoms with Crippen LogP contribution in [0.15, 0.2) is 27.6 Å². The molecule has 0 spiro atoms. The molecule has 0 fully saturated rings. The average Bonchev–Trinajstić information content (AvgIpc) is 2.33. The van der Waals surface area contributed by atoms with Crippen molar-refractivity contribution >= 4 is 31.9 Å². The molecule has 0 unspecified atom stereocenters. The first kappa shape index (κ1) is 17.1. The maximum Gasteiger partial charge on any atom is 0.244 e. The molecule has 0 atom stereocenters. The SMILES string of the molecule is CCCCN(CC(N)=O)S(=O)(=O)c1ccc(F)cc1Br. The number of hydrogen-bond donors (Lipinski definition) is 1. The predicted molar refractivity (Wildman–Crippen MR) is 77.0 cm³/mol. The lowest BCUT2D eigenvalue weighted by Crippen LogP contribution is -2.39. The zero-order valence-corrected chi connectivity index (χ0v) is 13.4. The maximum absolute atomic E-state index is 13.0. The number of sulfonamides is 1. The summed E-state index contributed by atoms with van der Waals surface area (Å²) in [5.74, 6) is -1.28. The first-order valence-electron chi connectivity index (χ1n) is 6.02. The van der Waals surface area contributed by atoms with Crippen molar-refractivity contribution in [3.05, 3.63) is 28.5 Å². The van der Waals surface area contributed by atoms with E-state index in [1.54, 1.807) is 0 Å². The van der Waals surface area contributed by atoms with Crippen molar-refractivity contribution in [2.75, 3.05) is 13.1 Å². The molecule has 112 valence electrons. The molecule has 0 aromatic heterocycles. The van der Waals surface area contributed by atoms with Gasteiger partial charge in [-0.15, -0.1) is 0 Å². The first-order valence-corrected chi connectivity index (χ1v) is 8.26. The normalized spacial score (nSPS) is 11.8. The van der Waals surface area contributed by atoms with E-state index in [2.05, 4.69) is 15.9 Å². The average molecular weight is 367 g/mol. The number of unbranched alkanes of at least 4 members (excludes halogenated alkanes) is 1. The van der Waals surface area contributed by atoms with Gasteiger partial charge >= 0.3 is 0 Å². The zero-order chi connectivity index (χ0) is 15.3. The second-order valence-electron chi connectivity index (χ2n) is 4.23. The Labute approximate surface area is 126 Å². The fraction of sp³-hybridized carbons (Fsp3) is 0.417. The van der Waals surface area contributed by atoms with Gasteiger partial charge in [-0.2, -0.15) is 4.31 Å². The first-order chi connectivity index (χ1) is 9.28. The van der Waals surface area contributed by atoms with Crippen molar-refractivity contribution in [3.63, 3.8) is 0 Å². The highest BCUT2D eigenvalue weighted by Gasteiger charge is 2.27. The molecule has 5 nitrogen and oxygen atoms in total. The summed E-state index contributed by atoms with van der Waals surface area (Å²) in [6.07, 6.45) is 1.38. The highest BCUT2D eigenvalue weighted by Crippen LogP contribution is 2.26. The molecule has 1 aromatic carbocycles. The standard InChI is InChI=1S/C12H16BrFN2O3S/c1-2-3-6-16(8-12(15)17)20(18,19)11-5-4-9(14)7-10(11)13/h4-5,7H,2-3,6,8H2,1H3,(H2,15,17). The Bertz CT molecular complexity index is 592. The number of halogens is 2. The van der Waals surface area contributed by atoms with Crippen molar-refractivity contribution < 1.29 is 17.6 Å². The summed E-state index contributed by atoms with van der Waals surface area (Å²) in [4.78, 5) is 10.9. The fourth-order valence-corrected chi connectivity index (χ4v) is 4.07. The Balaban J connectivity index is 3.17. The van der Waals surface area contributed by atoms with E-state index < -0.39 is 28.3 Å². The molecular weight excluding hydrogens is 351 g/mol. The molecule has 1 rings (SSSR count). The Morgan fingerprint density at radius 3 is 2.60 bits per heavy atom. The summed E-state index contributed by atoms with van der Waals surface area (Å²) in [7, 11) is -3.90. The number of rotatable bonds is 7. The molecule has 0 aliphatic carbocycles. The van der Waals surface area contributed by atoms with Crippen LogP contribution < -0.4 is 5.73 Å². The van der Waals surface area contributed by atoms with Crippen molar-refractivity contribution in [2.24, 2.45) is 5.73 Å². The van der Waals surface area contributed by atoms with Crippen molar-refractivity contribution in [2.45, 2.75) is 24.7 Å².